The molecule has 2 rings (SSSR count). The molecule has 1 aromatic rings. The number of hydrogen-bond acceptors (Lipinski definition) is 4. The first-order valence-electron chi connectivity index (χ1n) is 10.7. The van der Waals surface area contributed by atoms with Crippen molar-refractivity contribution in [3.63, 3.8) is 0 Å². The highest BCUT2D eigenvalue weighted by atomic mass is 16.5. The quantitative estimate of drug-likeness (QED) is 0.402. The van der Waals surface area contributed by atoms with Crippen LogP contribution in [0.15, 0.2) is 54.1 Å². The first kappa shape index (κ1) is 22.8. The molecule has 1 atom stereocenters. The van der Waals surface area contributed by atoms with Gasteiger partial charge < -0.3 is 20.3 Å². The lowest BCUT2D eigenvalue weighted by Crippen LogP contribution is -2.37. The Morgan fingerprint density at radius 3 is 2.54 bits per heavy atom. The second-order valence-electron chi connectivity index (χ2n) is 7.83. The van der Waals surface area contributed by atoms with E-state index in [1.165, 1.54) is 18.4 Å². The third kappa shape index (κ3) is 8.70. The van der Waals surface area contributed by atoms with Crippen molar-refractivity contribution in [1.82, 2.24) is 5.32 Å². The van der Waals surface area contributed by atoms with Gasteiger partial charge in [0, 0.05) is 25.2 Å². The van der Waals surface area contributed by atoms with Crippen LogP contribution in [-0.2, 0) is 11.2 Å². The summed E-state index contributed by atoms with van der Waals surface area (Å²) >= 11 is 0. The van der Waals surface area contributed by atoms with Crippen molar-refractivity contribution in [2.45, 2.75) is 44.9 Å². The summed E-state index contributed by atoms with van der Waals surface area (Å²) in [5.41, 5.74) is 2.11. The van der Waals surface area contributed by atoms with Gasteiger partial charge in [-0.15, -0.1) is 0 Å². The molecule has 1 aliphatic rings. The number of hydrogen-bond donors (Lipinski definition) is 3. The monoisotopic (exact) mass is 387 g/mol. The molecule has 1 unspecified atom stereocenters. The standard InChI is InChI=1S/C24H37NO3/c26-19-23-12-8-14-24(18-23,21-27)20-25-15-6-1-2-7-16-28-17-9-13-22-10-4-3-5-11-22/h3-5,8,10-12,14,25-27H,1-2,6-7,9,13,15-21H2. The van der Waals surface area contributed by atoms with Gasteiger partial charge in [-0.05, 0) is 49.8 Å². The summed E-state index contributed by atoms with van der Waals surface area (Å²) in [6.07, 6.45) is 13.5. The van der Waals surface area contributed by atoms with Gasteiger partial charge in [-0.25, -0.2) is 0 Å². The molecule has 4 heteroatoms. The van der Waals surface area contributed by atoms with E-state index < -0.39 is 0 Å². The Labute approximate surface area is 170 Å². The Morgan fingerprint density at radius 2 is 1.75 bits per heavy atom. The van der Waals surface area contributed by atoms with Gasteiger partial charge in [-0.1, -0.05) is 61.4 Å². The maximum absolute atomic E-state index is 9.77. The number of allylic oxidation sites excluding steroid dienone is 2. The first-order chi connectivity index (χ1) is 13.8. The first-order valence-corrected chi connectivity index (χ1v) is 10.7. The molecule has 156 valence electrons. The lowest BCUT2D eigenvalue weighted by atomic mass is 9.79. The fraction of sp³-hybridized carbons (Fsp3) is 0.583. The zero-order chi connectivity index (χ0) is 19.9. The van der Waals surface area contributed by atoms with Crippen LogP contribution in [-0.4, -0.2) is 49.7 Å². The minimum atomic E-state index is -0.263. The van der Waals surface area contributed by atoms with Crippen LogP contribution in [0.1, 0.15) is 44.1 Å². The molecule has 0 aliphatic heterocycles. The van der Waals surface area contributed by atoms with E-state index in [-0.39, 0.29) is 18.6 Å². The Hall–Kier alpha value is -1.46. The predicted octanol–water partition coefficient (Wildman–Crippen LogP) is 3.64. The molecule has 1 aromatic carbocycles. The third-order valence-electron chi connectivity index (χ3n) is 5.35. The highest BCUT2D eigenvalue weighted by Crippen LogP contribution is 2.30. The molecular weight excluding hydrogens is 350 g/mol. The van der Waals surface area contributed by atoms with Crippen molar-refractivity contribution in [1.29, 1.82) is 0 Å². The van der Waals surface area contributed by atoms with Crippen LogP contribution in [0.2, 0.25) is 0 Å². The Kier molecular flexibility index (Phi) is 11.1. The average Bonchev–Trinajstić information content (AvgIpc) is 2.75. The van der Waals surface area contributed by atoms with E-state index in [4.69, 9.17) is 4.74 Å². The van der Waals surface area contributed by atoms with E-state index in [1.807, 2.05) is 12.2 Å². The summed E-state index contributed by atoms with van der Waals surface area (Å²) in [4.78, 5) is 0. The number of benzene rings is 1. The van der Waals surface area contributed by atoms with Crippen molar-refractivity contribution in [3.8, 4) is 0 Å². The highest BCUT2D eigenvalue weighted by molar-refractivity contribution is 5.24. The Morgan fingerprint density at radius 1 is 0.964 bits per heavy atom. The maximum atomic E-state index is 9.77. The van der Waals surface area contributed by atoms with Gasteiger partial charge in [0.25, 0.3) is 0 Å². The molecule has 0 saturated carbocycles. The summed E-state index contributed by atoms with van der Waals surface area (Å²) in [6.45, 7) is 3.60. The molecule has 0 radical (unpaired) electrons. The van der Waals surface area contributed by atoms with Crippen LogP contribution in [0, 0.1) is 5.41 Å². The summed E-state index contributed by atoms with van der Waals surface area (Å²) < 4.78 is 5.73. The molecule has 3 N–H and O–H groups in total. The number of ether oxygens (including phenoxy) is 1. The number of aliphatic hydroxyl groups is 2. The van der Waals surface area contributed by atoms with Crippen LogP contribution in [0.25, 0.3) is 0 Å². The number of rotatable bonds is 15. The zero-order valence-electron chi connectivity index (χ0n) is 17.1. The average molecular weight is 388 g/mol. The van der Waals surface area contributed by atoms with Crippen molar-refractivity contribution >= 4 is 0 Å². The topological polar surface area (TPSA) is 61.7 Å². The van der Waals surface area contributed by atoms with Gasteiger partial charge >= 0.3 is 0 Å². The zero-order valence-corrected chi connectivity index (χ0v) is 17.1. The third-order valence-corrected chi connectivity index (χ3v) is 5.35. The van der Waals surface area contributed by atoms with Crippen LogP contribution in [0.4, 0.5) is 0 Å². The molecule has 0 fully saturated rings. The minimum Gasteiger partial charge on any atom is -0.395 e. The fourth-order valence-corrected chi connectivity index (χ4v) is 3.62. The lowest BCUT2D eigenvalue weighted by molar-refractivity contribution is 0.127. The Balaban J connectivity index is 1.40. The second-order valence-corrected chi connectivity index (χ2v) is 7.83. The molecular formula is C24H37NO3. The summed E-state index contributed by atoms with van der Waals surface area (Å²) in [5.74, 6) is 0. The van der Waals surface area contributed by atoms with Gasteiger partial charge in [-0.2, -0.15) is 0 Å². The normalized spacial score (nSPS) is 19.0. The predicted molar refractivity (Wildman–Crippen MR) is 115 cm³/mol. The van der Waals surface area contributed by atoms with Gasteiger partial charge in [0.2, 0.25) is 0 Å². The molecule has 0 bridgehead atoms. The molecule has 0 heterocycles. The van der Waals surface area contributed by atoms with Crippen LogP contribution < -0.4 is 5.32 Å². The molecule has 1 aliphatic carbocycles. The molecule has 28 heavy (non-hydrogen) atoms. The second kappa shape index (κ2) is 13.7. The van der Waals surface area contributed by atoms with Crippen LogP contribution >= 0.6 is 0 Å². The van der Waals surface area contributed by atoms with Gasteiger partial charge in [-0.3, -0.25) is 0 Å². The van der Waals surface area contributed by atoms with E-state index in [0.29, 0.717) is 0 Å². The van der Waals surface area contributed by atoms with Crippen LogP contribution in [0.3, 0.4) is 0 Å². The van der Waals surface area contributed by atoms with Crippen LogP contribution in [0.5, 0.6) is 0 Å². The van der Waals surface area contributed by atoms with Crippen molar-refractivity contribution in [3.05, 3.63) is 59.7 Å². The summed E-state index contributed by atoms with van der Waals surface area (Å²) in [5, 5.41) is 22.6. The smallest absolute Gasteiger partial charge is 0.0645 e. The van der Waals surface area contributed by atoms with E-state index in [9.17, 15) is 10.2 Å². The van der Waals surface area contributed by atoms with Crippen molar-refractivity contribution in [2.24, 2.45) is 5.41 Å². The van der Waals surface area contributed by atoms with E-state index >= 15 is 0 Å². The molecule has 4 nitrogen and oxygen atoms in total. The summed E-state index contributed by atoms with van der Waals surface area (Å²) in [7, 11) is 0. The number of unbranched alkanes of at least 4 members (excludes halogenated alkanes) is 3. The van der Waals surface area contributed by atoms with Gasteiger partial charge in [0.1, 0.15) is 0 Å². The van der Waals surface area contributed by atoms with E-state index in [1.54, 1.807) is 0 Å². The van der Waals surface area contributed by atoms with Crippen molar-refractivity contribution < 1.29 is 14.9 Å². The minimum absolute atomic E-state index is 0.0699. The largest absolute Gasteiger partial charge is 0.395 e. The summed E-state index contributed by atoms with van der Waals surface area (Å²) in [6, 6.07) is 10.6. The molecule has 0 spiro atoms. The maximum Gasteiger partial charge on any atom is 0.0645 e. The van der Waals surface area contributed by atoms with Gasteiger partial charge in [0.15, 0.2) is 0 Å². The SMILES string of the molecule is OCC1=CC=CC(CO)(CNCCCCCCOCCCc2ccccc2)C1. The number of aryl methyl sites for hydroxylation is 1. The Bertz CT molecular complexity index is 585. The highest BCUT2D eigenvalue weighted by Gasteiger charge is 2.28. The number of aliphatic hydroxyl groups excluding tert-OH is 2. The molecule has 0 saturated heterocycles. The number of nitrogens with one attached hydrogen (secondary N) is 1. The van der Waals surface area contributed by atoms with E-state index in [0.717, 1.165) is 64.0 Å². The lowest BCUT2D eigenvalue weighted by Gasteiger charge is -2.32. The van der Waals surface area contributed by atoms with E-state index in [2.05, 4.69) is 41.7 Å². The van der Waals surface area contributed by atoms with Gasteiger partial charge in [0.05, 0.1) is 13.2 Å². The van der Waals surface area contributed by atoms with Crippen molar-refractivity contribution in [2.75, 3.05) is 39.5 Å². The molecule has 0 aromatic heterocycles. The molecule has 0 amide bonds. The fourth-order valence-electron chi connectivity index (χ4n) is 3.62.